The number of benzene rings is 4. The van der Waals surface area contributed by atoms with E-state index in [-0.39, 0.29) is 0 Å². The number of nitrogens with one attached hydrogen (secondary N) is 1. The fourth-order valence-corrected chi connectivity index (χ4v) is 4.72. The molecule has 1 aromatic heterocycles. The number of aromatic amines is 1. The molecule has 0 bridgehead atoms. The lowest BCUT2D eigenvalue weighted by Gasteiger charge is -2.36. The Balaban J connectivity index is 1.90. The third kappa shape index (κ3) is 3.14. The van der Waals surface area contributed by atoms with Gasteiger partial charge in [0.05, 0.1) is 19.6 Å². The Morgan fingerprint density at radius 3 is 1.62 bits per heavy atom. The molecule has 1 heterocycles. The normalized spacial score (nSPS) is 11.4. The Hall–Kier alpha value is -3.98. The Morgan fingerprint density at radius 2 is 1.06 bits per heavy atom. The van der Waals surface area contributed by atoms with Gasteiger partial charge in [0.15, 0.2) is 0 Å². The van der Waals surface area contributed by atoms with Crippen molar-refractivity contribution < 1.29 is 9.47 Å². The molecular weight excluding hydrogens is 394 g/mol. The Bertz CT molecular complexity index is 1270. The maximum atomic E-state index is 5.46. The number of methoxy groups -OCH3 is 2. The van der Waals surface area contributed by atoms with Crippen molar-refractivity contribution in [3.8, 4) is 11.5 Å². The first-order chi connectivity index (χ1) is 15.8. The van der Waals surface area contributed by atoms with E-state index in [1.165, 1.54) is 27.6 Å². The quantitative estimate of drug-likeness (QED) is 0.316. The summed E-state index contributed by atoms with van der Waals surface area (Å²) in [6.45, 7) is 0. The van der Waals surface area contributed by atoms with Gasteiger partial charge in [-0.1, -0.05) is 72.8 Å². The van der Waals surface area contributed by atoms with Crippen LogP contribution in [-0.4, -0.2) is 19.2 Å². The molecule has 3 nitrogen and oxygen atoms in total. The van der Waals surface area contributed by atoms with Gasteiger partial charge in [-0.15, -0.1) is 0 Å². The number of H-pyrrole nitrogens is 1. The maximum Gasteiger partial charge on any atom is 0.118 e. The van der Waals surface area contributed by atoms with Crippen molar-refractivity contribution >= 4 is 10.9 Å². The molecule has 158 valence electrons. The second-order valence-corrected chi connectivity index (χ2v) is 7.82. The van der Waals surface area contributed by atoms with E-state index in [4.69, 9.17) is 9.47 Å². The molecule has 0 unspecified atom stereocenters. The van der Waals surface area contributed by atoms with Gasteiger partial charge in [0.2, 0.25) is 0 Å². The molecule has 32 heavy (non-hydrogen) atoms. The van der Waals surface area contributed by atoms with E-state index in [0.29, 0.717) is 0 Å². The van der Waals surface area contributed by atoms with Crippen LogP contribution in [0.25, 0.3) is 10.9 Å². The summed E-state index contributed by atoms with van der Waals surface area (Å²) in [6, 6.07) is 35.9. The fourth-order valence-electron chi connectivity index (χ4n) is 4.72. The van der Waals surface area contributed by atoms with Crippen LogP contribution >= 0.6 is 0 Å². The molecule has 0 radical (unpaired) electrons. The molecule has 4 aromatic carbocycles. The molecule has 1 N–H and O–H groups in total. The first kappa shape index (κ1) is 20.0. The van der Waals surface area contributed by atoms with Gasteiger partial charge in [0.25, 0.3) is 0 Å². The van der Waals surface area contributed by atoms with Crippen molar-refractivity contribution in [1.29, 1.82) is 0 Å². The van der Waals surface area contributed by atoms with Crippen molar-refractivity contribution in [2.24, 2.45) is 0 Å². The van der Waals surface area contributed by atoms with Gasteiger partial charge >= 0.3 is 0 Å². The lowest BCUT2D eigenvalue weighted by molar-refractivity contribution is 0.414. The van der Waals surface area contributed by atoms with Crippen molar-refractivity contribution in [2.45, 2.75) is 5.41 Å². The minimum absolute atomic E-state index is 0.528. The molecule has 0 aliphatic rings. The largest absolute Gasteiger partial charge is 0.497 e. The third-order valence-corrected chi connectivity index (χ3v) is 6.25. The van der Waals surface area contributed by atoms with E-state index in [2.05, 4.69) is 90.0 Å². The zero-order chi connectivity index (χ0) is 22.0. The molecule has 0 spiro atoms. The molecule has 0 saturated carbocycles. The highest BCUT2D eigenvalue weighted by Gasteiger charge is 2.40. The average Bonchev–Trinajstić information content (AvgIpc) is 3.30. The highest BCUT2D eigenvalue weighted by atomic mass is 16.5. The average molecular weight is 420 g/mol. The minimum atomic E-state index is -0.528. The second-order valence-electron chi connectivity index (χ2n) is 7.82. The van der Waals surface area contributed by atoms with Crippen LogP contribution < -0.4 is 9.47 Å². The Morgan fingerprint density at radius 1 is 0.562 bits per heavy atom. The monoisotopic (exact) mass is 419 g/mol. The number of ether oxygens (including phenoxy) is 2. The first-order valence-electron chi connectivity index (χ1n) is 10.7. The lowest BCUT2D eigenvalue weighted by atomic mass is 9.65. The summed E-state index contributed by atoms with van der Waals surface area (Å²) < 4.78 is 10.9. The van der Waals surface area contributed by atoms with Crippen molar-refractivity contribution in [2.75, 3.05) is 14.2 Å². The summed E-state index contributed by atoms with van der Waals surface area (Å²) in [5, 5.41) is 1.20. The molecule has 5 rings (SSSR count). The molecule has 0 saturated heterocycles. The van der Waals surface area contributed by atoms with E-state index < -0.39 is 5.41 Å². The van der Waals surface area contributed by atoms with Crippen LogP contribution in [0.15, 0.2) is 109 Å². The molecule has 0 fully saturated rings. The second kappa shape index (κ2) is 8.27. The molecule has 0 atom stereocenters. The minimum Gasteiger partial charge on any atom is -0.497 e. The first-order valence-corrected chi connectivity index (χ1v) is 10.7. The van der Waals surface area contributed by atoms with Crippen LogP contribution in [0.1, 0.15) is 22.3 Å². The van der Waals surface area contributed by atoms with Crippen molar-refractivity contribution in [3.63, 3.8) is 0 Å². The third-order valence-electron chi connectivity index (χ3n) is 6.25. The van der Waals surface area contributed by atoms with Gasteiger partial charge < -0.3 is 14.5 Å². The highest BCUT2D eigenvalue weighted by Crippen LogP contribution is 2.48. The van der Waals surface area contributed by atoms with Crippen LogP contribution in [0.3, 0.4) is 0 Å². The van der Waals surface area contributed by atoms with Crippen molar-refractivity contribution in [1.82, 2.24) is 4.98 Å². The summed E-state index contributed by atoms with van der Waals surface area (Å²) >= 11 is 0. The molecule has 0 aliphatic heterocycles. The Labute approximate surface area is 188 Å². The van der Waals surface area contributed by atoms with Gasteiger partial charge in [-0.2, -0.15) is 0 Å². The van der Waals surface area contributed by atoms with Crippen LogP contribution in [-0.2, 0) is 5.41 Å². The number of para-hydroxylation sites is 1. The number of hydrogen-bond acceptors (Lipinski definition) is 2. The molecule has 3 heteroatoms. The number of aromatic nitrogens is 1. The number of rotatable bonds is 6. The zero-order valence-electron chi connectivity index (χ0n) is 18.2. The highest BCUT2D eigenvalue weighted by molar-refractivity contribution is 5.87. The van der Waals surface area contributed by atoms with Gasteiger partial charge in [0, 0.05) is 17.1 Å². The molecular formula is C29H25NO2. The zero-order valence-corrected chi connectivity index (χ0v) is 18.2. The summed E-state index contributed by atoms with van der Waals surface area (Å²) in [5.74, 6) is 1.67. The van der Waals surface area contributed by atoms with E-state index in [9.17, 15) is 0 Å². The summed E-state index contributed by atoms with van der Waals surface area (Å²) in [4.78, 5) is 3.50. The van der Waals surface area contributed by atoms with Crippen LogP contribution in [0.4, 0.5) is 0 Å². The molecule has 0 amide bonds. The van der Waals surface area contributed by atoms with Gasteiger partial charge in [0.1, 0.15) is 11.5 Å². The van der Waals surface area contributed by atoms with Gasteiger partial charge in [-0.05, 0) is 52.6 Å². The summed E-state index contributed by atoms with van der Waals surface area (Å²) in [6.07, 6.45) is 2.14. The topological polar surface area (TPSA) is 34.2 Å². The van der Waals surface area contributed by atoms with Crippen LogP contribution in [0.5, 0.6) is 11.5 Å². The van der Waals surface area contributed by atoms with Crippen LogP contribution in [0.2, 0.25) is 0 Å². The summed E-state index contributed by atoms with van der Waals surface area (Å²) in [5.41, 5.74) is 5.32. The van der Waals surface area contributed by atoms with E-state index >= 15 is 0 Å². The predicted octanol–water partition coefficient (Wildman–Crippen LogP) is 6.57. The Kier molecular flexibility index (Phi) is 5.16. The lowest BCUT2D eigenvalue weighted by Crippen LogP contribution is -2.30. The standard InChI is InChI=1S/C29H25NO2/c1-31-24-16-12-22(13-17-24)29(21-8-4-3-5-9-21,23-14-18-25(32-2)19-15-23)27-20-30-28-11-7-6-10-26(27)28/h3-20,30H,1-2H3. The predicted molar refractivity (Wildman–Crippen MR) is 130 cm³/mol. The number of fused-ring (bicyclic) bond motifs is 1. The van der Waals surface area contributed by atoms with Gasteiger partial charge in [-0.25, -0.2) is 0 Å². The SMILES string of the molecule is COc1ccc(C(c2ccccc2)(c2ccc(OC)cc2)c2c[nH]c3ccccc23)cc1. The smallest absolute Gasteiger partial charge is 0.118 e. The van der Waals surface area contributed by atoms with E-state index in [1.807, 2.05) is 24.3 Å². The fraction of sp³-hybridized carbons (Fsp3) is 0.103. The number of hydrogen-bond donors (Lipinski definition) is 1. The van der Waals surface area contributed by atoms with Crippen molar-refractivity contribution in [3.05, 3.63) is 132 Å². The van der Waals surface area contributed by atoms with E-state index in [1.54, 1.807) is 14.2 Å². The summed E-state index contributed by atoms with van der Waals surface area (Å²) in [7, 11) is 3.39. The molecule has 0 aliphatic carbocycles. The maximum absolute atomic E-state index is 5.46. The van der Waals surface area contributed by atoms with Crippen LogP contribution in [0, 0.1) is 0 Å². The van der Waals surface area contributed by atoms with Gasteiger partial charge in [-0.3, -0.25) is 0 Å². The molecule has 5 aromatic rings. The van der Waals surface area contributed by atoms with E-state index in [0.717, 1.165) is 17.0 Å².